The first-order valence-electron chi connectivity index (χ1n) is 7.33. The summed E-state index contributed by atoms with van der Waals surface area (Å²) < 4.78 is 1.79. The van der Waals surface area contributed by atoms with Crippen LogP contribution in [-0.4, -0.2) is 38.2 Å². The molecule has 1 unspecified atom stereocenters. The van der Waals surface area contributed by atoms with E-state index in [1.165, 1.54) is 4.90 Å². The minimum absolute atomic E-state index is 0.0512. The van der Waals surface area contributed by atoms with Crippen LogP contribution in [-0.2, 0) is 19.5 Å². The fourth-order valence-corrected chi connectivity index (χ4v) is 3.27. The van der Waals surface area contributed by atoms with Crippen LogP contribution in [0.4, 0.5) is 4.79 Å². The van der Waals surface area contributed by atoms with Gasteiger partial charge in [-0.25, -0.2) is 4.79 Å². The summed E-state index contributed by atoms with van der Waals surface area (Å²) in [6.07, 6.45) is 3.85. The lowest BCUT2D eigenvalue weighted by atomic mass is 9.91. The lowest BCUT2D eigenvalue weighted by Crippen LogP contribution is -2.35. The van der Waals surface area contributed by atoms with Gasteiger partial charge in [0.2, 0.25) is 0 Å². The van der Waals surface area contributed by atoms with Gasteiger partial charge < -0.3 is 10.0 Å². The minimum atomic E-state index is -0.940. The molecule has 0 aliphatic carbocycles. The van der Waals surface area contributed by atoms with Crippen LogP contribution < -0.4 is 0 Å². The molecule has 2 aliphatic rings. The second kappa shape index (κ2) is 5.35. The molecule has 21 heavy (non-hydrogen) atoms. The monoisotopic (exact) mass is 289 g/mol. The van der Waals surface area contributed by atoms with Gasteiger partial charge in [0.05, 0.1) is 12.2 Å². The summed E-state index contributed by atoms with van der Waals surface area (Å²) in [5.74, 6) is 0.0399. The van der Waals surface area contributed by atoms with Crippen LogP contribution in [0.15, 0.2) is 12.7 Å². The van der Waals surface area contributed by atoms with Crippen molar-refractivity contribution in [3.8, 4) is 0 Å². The highest BCUT2D eigenvalue weighted by Crippen LogP contribution is 2.29. The summed E-state index contributed by atoms with van der Waals surface area (Å²) in [7, 11) is 0. The standard InChI is InChI=1S/C15H19N3O3/c1-2-4-10-5-3-7-18-13(14(10)19)11-9-17(15(20)21)8-6-12(11)16-18/h2,10H,1,3-9H2,(H,20,21). The van der Waals surface area contributed by atoms with Gasteiger partial charge in [0.1, 0.15) is 5.69 Å². The zero-order valence-electron chi connectivity index (χ0n) is 11.9. The Morgan fingerprint density at radius 2 is 2.29 bits per heavy atom. The molecule has 3 rings (SSSR count). The topological polar surface area (TPSA) is 75.4 Å². The Morgan fingerprint density at radius 1 is 1.48 bits per heavy atom. The number of allylic oxidation sites excluding steroid dienone is 1. The van der Waals surface area contributed by atoms with E-state index in [0.29, 0.717) is 25.1 Å². The molecule has 0 saturated heterocycles. The number of nitrogens with zero attached hydrogens (tertiary/aromatic N) is 3. The Kier molecular flexibility index (Phi) is 3.53. The number of rotatable bonds is 2. The van der Waals surface area contributed by atoms with E-state index in [1.54, 1.807) is 10.8 Å². The highest BCUT2D eigenvalue weighted by atomic mass is 16.4. The lowest BCUT2D eigenvalue weighted by Gasteiger charge is -2.24. The predicted molar refractivity (Wildman–Crippen MR) is 76.2 cm³/mol. The third-order valence-electron chi connectivity index (χ3n) is 4.35. The first-order chi connectivity index (χ1) is 10.1. The zero-order chi connectivity index (χ0) is 15.0. The largest absolute Gasteiger partial charge is 0.465 e. The van der Waals surface area contributed by atoms with Gasteiger partial charge in [-0.1, -0.05) is 6.08 Å². The van der Waals surface area contributed by atoms with Crippen molar-refractivity contribution in [2.75, 3.05) is 6.54 Å². The maximum Gasteiger partial charge on any atom is 0.407 e. The first kappa shape index (κ1) is 13.9. The van der Waals surface area contributed by atoms with E-state index < -0.39 is 6.09 Å². The molecule has 0 aromatic carbocycles. The van der Waals surface area contributed by atoms with Crippen LogP contribution in [0.5, 0.6) is 0 Å². The average molecular weight is 289 g/mol. The molecule has 0 saturated carbocycles. The van der Waals surface area contributed by atoms with Crippen LogP contribution in [0, 0.1) is 5.92 Å². The van der Waals surface area contributed by atoms with Gasteiger partial charge in [-0.05, 0) is 19.3 Å². The average Bonchev–Trinajstić information content (AvgIpc) is 2.75. The van der Waals surface area contributed by atoms with E-state index >= 15 is 0 Å². The van der Waals surface area contributed by atoms with Gasteiger partial charge in [-0.15, -0.1) is 6.58 Å². The van der Waals surface area contributed by atoms with Crippen LogP contribution >= 0.6 is 0 Å². The van der Waals surface area contributed by atoms with Gasteiger partial charge in [0, 0.05) is 31.0 Å². The molecule has 1 aromatic rings. The van der Waals surface area contributed by atoms with Gasteiger partial charge in [0.25, 0.3) is 0 Å². The zero-order valence-corrected chi connectivity index (χ0v) is 11.9. The molecule has 1 amide bonds. The van der Waals surface area contributed by atoms with E-state index in [1.807, 2.05) is 0 Å². The van der Waals surface area contributed by atoms with Crippen molar-refractivity contribution in [1.29, 1.82) is 0 Å². The number of hydrogen-bond donors (Lipinski definition) is 1. The van der Waals surface area contributed by atoms with Gasteiger partial charge in [-0.2, -0.15) is 5.10 Å². The molecule has 0 radical (unpaired) electrons. The molecule has 0 fully saturated rings. The maximum atomic E-state index is 12.8. The molecule has 1 N–H and O–H groups in total. The van der Waals surface area contributed by atoms with Crippen LogP contribution in [0.2, 0.25) is 0 Å². The Balaban J connectivity index is 2.00. The normalized spacial score (nSPS) is 21.4. The highest BCUT2D eigenvalue weighted by molar-refractivity contribution is 5.98. The summed E-state index contributed by atoms with van der Waals surface area (Å²) in [4.78, 5) is 25.3. The molecule has 6 nitrogen and oxygen atoms in total. The molecule has 3 heterocycles. The fourth-order valence-electron chi connectivity index (χ4n) is 3.27. The van der Waals surface area contributed by atoms with Crippen LogP contribution in [0.25, 0.3) is 0 Å². The van der Waals surface area contributed by atoms with Gasteiger partial charge >= 0.3 is 6.09 Å². The van der Waals surface area contributed by atoms with Crippen molar-refractivity contribution in [3.63, 3.8) is 0 Å². The Bertz CT molecular complexity index is 606. The molecule has 112 valence electrons. The number of aryl methyl sites for hydroxylation is 1. The third-order valence-corrected chi connectivity index (χ3v) is 4.35. The summed E-state index contributed by atoms with van der Waals surface area (Å²) in [5, 5.41) is 13.7. The number of hydrogen-bond acceptors (Lipinski definition) is 3. The van der Waals surface area contributed by atoms with Gasteiger partial charge in [-0.3, -0.25) is 9.48 Å². The Morgan fingerprint density at radius 3 is 3.00 bits per heavy atom. The molecular weight excluding hydrogens is 270 g/mol. The van der Waals surface area contributed by atoms with Gasteiger partial charge in [0.15, 0.2) is 5.78 Å². The molecular formula is C15H19N3O3. The quantitative estimate of drug-likeness (QED) is 0.846. The number of carboxylic acid groups (broad SMARTS) is 1. The van der Waals surface area contributed by atoms with Crippen molar-refractivity contribution < 1.29 is 14.7 Å². The number of Topliss-reactive ketones (excluding diaryl/α,β-unsaturated/α-hetero) is 1. The number of aromatic nitrogens is 2. The second-order valence-corrected chi connectivity index (χ2v) is 5.68. The molecule has 1 aromatic heterocycles. The smallest absolute Gasteiger partial charge is 0.407 e. The summed E-state index contributed by atoms with van der Waals surface area (Å²) in [6.45, 7) is 5.17. The molecule has 0 bridgehead atoms. The van der Waals surface area contributed by atoms with E-state index in [2.05, 4.69) is 11.7 Å². The van der Waals surface area contributed by atoms with E-state index in [9.17, 15) is 9.59 Å². The molecule has 1 atom stereocenters. The van der Waals surface area contributed by atoms with Crippen molar-refractivity contribution >= 4 is 11.9 Å². The van der Waals surface area contributed by atoms with Crippen LogP contribution in [0.3, 0.4) is 0 Å². The van der Waals surface area contributed by atoms with E-state index in [-0.39, 0.29) is 18.2 Å². The molecule has 2 aliphatic heterocycles. The summed E-state index contributed by atoms with van der Waals surface area (Å²) in [5.41, 5.74) is 2.32. The number of amides is 1. The van der Waals surface area contributed by atoms with Crippen molar-refractivity contribution in [2.45, 2.75) is 38.8 Å². The maximum absolute atomic E-state index is 12.8. The number of carbonyl (C=O) groups excluding carboxylic acids is 1. The Hall–Kier alpha value is -2.11. The second-order valence-electron chi connectivity index (χ2n) is 5.68. The van der Waals surface area contributed by atoms with Crippen molar-refractivity contribution in [3.05, 3.63) is 29.6 Å². The van der Waals surface area contributed by atoms with Crippen LogP contribution in [0.1, 0.15) is 41.0 Å². The molecule has 6 heteroatoms. The van der Waals surface area contributed by atoms with Crippen molar-refractivity contribution in [1.82, 2.24) is 14.7 Å². The number of ketones is 1. The molecule has 0 spiro atoms. The highest BCUT2D eigenvalue weighted by Gasteiger charge is 2.33. The third kappa shape index (κ3) is 2.34. The van der Waals surface area contributed by atoms with Crippen molar-refractivity contribution in [2.24, 2.45) is 5.92 Å². The van der Waals surface area contributed by atoms with E-state index in [0.717, 1.165) is 30.6 Å². The van der Waals surface area contributed by atoms with E-state index in [4.69, 9.17) is 5.11 Å². The SMILES string of the molecule is C=CCC1CCCn2nc3c(c2C1=O)CN(C(=O)O)CC3. The fraction of sp³-hybridized carbons (Fsp3) is 0.533. The predicted octanol–water partition coefficient (Wildman–Crippen LogP) is 2.09. The lowest BCUT2D eigenvalue weighted by molar-refractivity contribution is 0.0908. The summed E-state index contributed by atoms with van der Waals surface area (Å²) >= 11 is 0. The number of fused-ring (bicyclic) bond motifs is 3. The number of carbonyl (C=O) groups is 2. The Labute approximate surface area is 123 Å². The first-order valence-corrected chi connectivity index (χ1v) is 7.33. The summed E-state index contributed by atoms with van der Waals surface area (Å²) in [6, 6.07) is 0. The minimum Gasteiger partial charge on any atom is -0.465 e.